The molecule has 1 saturated heterocycles. The summed E-state index contributed by atoms with van der Waals surface area (Å²) in [7, 11) is 0. The van der Waals surface area contributed by atoms with Gasteiger partial charge in [0.2, 0.25) is 17.5 Å². The van der Waals surface area contributed by atoms with E-state index in [0.29, 0.717) is 60.7 Å². The van der Waals surface area contributed by atoms with Crippen molar-refractivity contribution in [3.8, 4) is 12.1 Å². The third kappa shape index (κ3) is 3.00. The molecular weight excluding hydrogens is 330 g/mol. The van der Waals surface area contributed by atoms with E-state index in [2.05, 4.69) is 17.1 Å². The van der Waals surface area contributed by atoms with Gasteiger partial charge in [0.05, 0.1) is 11.6 Å². The largest absolute Gasteiger partial charge is 0.423 e. The second kappa shape index (κ2) is 6.53. The second-order valence-corrected chi connectivity index (χ2v) is 6.56. The number of aromatic nitrogens is 1. The highest BCUT2D eigenvalue weighted by Crippen LogP contribution is 2.41. The molecule has 7 heteroatoms. The van der Waals surface area contributed by atoms with Gasteiger partial charge in [-0.05, 0) is 31.0 Å². The van der Waals surface area contributed by atoms with Crippen molar-refractivity contribution < 1.29 is 9.21 Å². The SMILES string of the molecule is N#Cc1cccc(C(=O)N2CCN(c3oc(C4CC4)nc3C#N)CC2)c1. The van der Waals surface area contributed by atoms with Crippen LogP contribution in [0.3, 0.4) is 0 Å². The van der Waals surface area contributed by atoms with Gasteiger partial charge in [-0.25, -0.2) is 4.98 Å². The van der Waals surface area contributed by atoms with Crippen molar-refractivity contribution in [1.82, 2.24) is 9.88 Å². The molecule has 1 amide bonds. The molecule has 0 unspecified atom stereocenters. The Bertz CT molecular complexity index is 924. The zero-order chi connectivity index (χ0) is 18.1. The monoisotopic (exact) mass is 347 g/mol. The zero-order valence-electron chi connectivity index (χ0n) is 14.2. The predicted molar refractivity (Wildman–Crippen MR) is 92.5 cm³/mol. The average Bonchev–Trinajstić information content (AvgIpc) is 3.46. The third-order valence-electron chi connectivity index (χ3n) is 4.75. The summed E-state index contributed by atoms with van der Waals surface area (Å²) in [6.07, 6.45) is 2.13. The van der Waals surface area contributed by atoms with E-state index in [1.165, 1.54) is 0 Å². The zero-order valence-corrected chi connectivity index (χ0v) is 14.2. The number of amides is 1. The average molecular weight is 347 g/mol. The van der Waals surface area contributed by atoms with Crippen molar-refractivity contribution in [2.45, 2.75) is 18.8 Å². The fourth-order valence-corrected chi connectivity index (χ4v) is 3.14. The van der Waals surface area contributed by atoms with Crippen LogP contribution in [0.4, 0.5) is 5.88 Å². The molecule has 1 saturated carbocycles. The lowest BCUT2D eigenvalue weighted by Crippen LogP contribution is -2.48. The number of hydrogen-bond donors (Lipinski definition) is 0. The van der Waals surface area contributed by atoms with Crippen LogP contribution in [0.15, 0.2) is 28.7 Å². The van der Waals surface area contributed by atoms with Gasteiger partial charge in [0.25, 0.3) is 5.91 Å². The van der Waals surface area contributed by atoms with Gasteiger partial charge in [0.1, 0.15) is 6.07 Å². The highest BCUT2D eigenvalue weighted by molar-refractivity contribution is 5.94. The molecule has 2 aliphatic rings. The number of carbonyl (C=O) groups is 1. The molecule has 2 heterocycles. The van der Waals surface area contributed by atoms with Crippen molar-refractivity contribution in [2.75, 3.05) is 31.1 Å². The highest BCUT2D eigenvalue weighted by atomic mass is 16.4. The topological polar surface area (TPSA) is 97.2 Å². The van der Waals surface area contributed by atoms with Crippen LogP contribution in [-0.2, 0) is 0 Å². The predicted octanol–water partition coefficient (Wildman–Crippen LogP) is 2.26. The Balaban J connectivity index is 1.45. The van der Waals surface area contributed by atoms with E-state index in [4.69, 9.17) is 9.68 Å². The number of hydrogen-bond acceptors (Lipinski definition) is 6. The smallest absolute Gasteiger partial charge is 0.254 e. The van der Waals surface area contributed by atoms with Gasteiger partial charge in [-0.15, -0.1) is 0 Å². The Morgan fingerprint density at radius 2 is 1.92 bits per heavy atom. The van der Waals surface area contributed by atoms with Gasteiger partial charge >= 0.3 is 0 Å². The Hall–Kier alpha value is -3.32. The Morgan fingerprint density at radius 3 is 2.58 bits per heavy atom. The molecule has 4 rings (SSSR count). The summed E-state index contributed by atoms with van der Waals surface area (Å²) in [5.74, 6) is 1.45. The lowest BCUT2D eigenvalue weighted by Gasteiger charge is -2.34. The lowest BCUT2D eigenvalue weighted by molar-refractivity contribution is 0.0745. The molecule has 1 aliphatic heterocycles. The number of benzene rings is 1. The van der Waals surface area contributed by atoms with Gasteiger partial charge in [0, 0.05) is 37.7 Å². The lowest BCUT2D eigenvalue weighted by atomic mass is 10.1. The Kier molecular flexibility index (Phi) is 4.06. The number of piperazine rings is 1. The molecular formula is C19H17N5O2. The molecule has 130 valence electrons. The molecule has 1 aromatic carbocycles. The van der Waals surface area contributed by atoms with Crippen LogP contribution in [0.1, 0.15) is 46.3 Å². The van der Waals surface area contributed by atoms with Crippen molar-refractivity contribution in [3.05, 3.63) is 47.0 Å². The standard InChI is InChI=1S/C19H17N5O2/c20-11-13-2-1-3-15(10-13)18(25)23-6-8-24(9-7-23)19-16(12-21)22-17(26-19)14-4-5-14/h1-3,10,14H,4-9H2. The van der Waals surface area contributed by atoms with Crippen LogP contribution in [-0.4, -0.2) is 42.0 Å². The Labute approximate surface area is 151 Å². The van der Waals surface area contributed by atoms with Crippen LogP contribution in [0.2, 0.25) is 0 Å². The van der Waals surface area contributed by atoms with Crippen molar-refractivity contribution in [2.24, 2.45) is 0 Å². The molecule has 0 atom stereocenters. The number of nitriles is 2. The summed E-state index contributed by atoms with van der Waals surface area (Å²) < 4.78 is 5.83. The molecule has 7 nitrogen and oxygen atoms in total. The van der Waals surface area contributed by atoms with Crippen LogP contribution < -0.4 is 4.90 Å². The fraction of sp³-hybridized carbons (Fsp3) is 0.368. The highest BCUT2D eigenvalue weighted by Gasteiger charge is 2.32. The third-order valence-corrected chi connectivity index (χ3v) is 4.75. The second-order valence-electron chi connectivity index (χ2n) is 6.56. The summed E-state index contributed by atoms with van der Waals surface area (Å²) in [5.41, 5.74) is 1.32. The van der Waals surface area contributed by atoms with E-state index in [1.807, 2.05) is 4.90 Å². The van der Waals surface area contributed by atoms with Crippen LogP contribution in [0, 0.1) is 22.7 Å². The van der Waals surface area contributed by atoms with Crippen molar-refractivity contribution >= 4 is 11.8 Å². The van der Waals surface area contributed by atoms with E-state index in [0.717, 1.165) is 12.8 Å². The number of oxazole rings is 1. The minimum Gasteiger partial charge on any atom is -0.423 e. The minimum absolute atomic E-state index is 0.0847. The van der Waals surface area contributed by atoms with Crippen LogP contribution in [0.25, 0.3) is 0 Å². The Morgan fingerprint density at radius 1 is 1.15 bits per heavy atom. The quantitative estimate of drug-likeness (QED) is 0.845. The molecule has 2 fully saturated rings. The molecule has 1 aromatic heterocycles. The summed E-state index contributed by atoms with van der Waals surface area (Å²) in [6, 6.07) is 10.9. The van der Waals surface area contributed by atoms with Crippen molar-refractivity contribution in [1.29, 1.82) is 10.5 Å². The molecule has 0 spiro atoms. The first kappa shape index (κ1) is 16.2. The molecule has 0 bridgehead atoms. The first-order valence-corrected chi connectivity index (χ1v) is 8.65. The first-order chi connectivity index (χ1) is 12.7. The maximum Gasteiger partial charge on any atom is 0.254 e. The normalized spacial score (nSPS) is 16.8. The summed E-state index contributed by atoms with van der Waals surface area (Å²) in [4.78, 5) is 20.7. The van der Waals surface area contributed by atoms with Gasteiger partial charge in [-0.3, -0.25) is 4.79 Å². The van der Waals surface area contributed by atoms with E-state index in [-0.39, 0.29) is 5.91 Å². The van der Waals surface area contributed by atoms with Gasteiger partial charge < -0.3 is 14.2 Å². The van der Waals surface area contributed by atoms with E-state index in [1.54, 1.807) is 29.2 Å². The van der Waals surface area contributed by atoms with Gasteiger partial charge in [0.15, 0.2) is 0 Å². The first-order valence-electron chi connectivity index (χ1n) is 8.65. The van der Waals surface area contributed by atoms with E-state index in [9.17, 15) is 10.1 Å². The van der Waals surface area contributed by atoms with E-state index < -0.39 is 0 Å². The number of anilines is 1. The number of carbonyl (C=O) groups excluding carboxylic acids is 1. The fourth-order valence-electron chi connectivity index (χ4n) is 3.14. The molecule has 26 heavy (non-hydrogen) atoms. The summed E-state index contributed by atoms with van der Waals surface area (Å²) in [5, 5.41) is 18.3. The number of rotatable bonds is 3. The van der Waals surface area contributed by atoms with Crippen LogP contribution in [0.5, 0.6) is 0 Å². The summed E-state index contributed by atoms with van der Waals surface area (Å²) in [6.45, 7) is 2.22. The molecule has 1 aliphatic carbocycles. The summed E-state index contributed by atoms with van der Waals surface area (Å²) >= 11 is 0. The van der Waals surface area contributed by atoms with Gasteiger partial charge in [-0.2, -0.15) is 10.5 Å². The van der Waals surface area contributed by atoms with Crippen molar-refractivity contribution in [3.63, 3.8) is 0 Å². The van der Waals surface area contributed by atoms with E-state index >= 15 is 0 Å². The number of nitrogens with zero attached hydrogens (tertiary/aromatic N) is 5. The maximum absolute atomic E-state index is 12.6. The minimum atomic E-state index is -0.0847. The molecule has 0 radical (unpaired) electrons. The molecule has 2 aromatic rings. The maximum atomic E-state index is 12.6. The van der Waals surface area contributed by atoms with Crippen LogP contribution >= 0.6 is 0 Å². The molecule has 0 N–H and O–H groups in total. The van der Waals surface area contributed by atoms with Gasteiger partial charge in [-0.1, -0.05) is 6.07 Å².